The van der Waals surface area contributed by atoms with Crippen molar-refractivity contribution in [3.8, 4) is 0 Å². The number of aryl methyl sites for hydroxylation is 1. The minimum Gasteiger partial charge on any atom is -0.351 e. The summed E-state index contributed by atoms with van der Waals surface area (Å²) in [6, 6.07) is 0.620. The molecular weight excluding hydrogens is 242 g/mol. The third-order valence-corrected chi connectivity index (χ3v) is 2.95. The van der Waals surface area contributed by atoms with Gasteiger partial charge >= 0.3 is 0 Å². The van der Waals surface area contributed by atoms with Crippen LogP contribution in [0.2, 0.25) is 0 Å². The number of halogens is 1. The summed E-state index contributed by atoms with van der Waals surface area (Å²) in [5.74, 6) is 0.786. The van der Waals surface area contributed by atoms with Crippen LogP contribution in [0.3, 0.4) is 0 Å². The van der Waals surface area contributed by atoms with Crippen molar-refractivity contribution in [3.05, 3.63) is 17.5 Å². The van der Waals surface area contributed by atoms with Crippen LogP contribution in [0.5, 0.6) is 0 Å². The summed E-state index contributed by atoms with van der Waals surface area (Å²) in [4.78, 5) is 8.78. The zero-order valence-electron chi connectivity index (χ0n) is 8.26. The maximum absolute atomic E-state index is 4.49. The molecule has 1 aliphatic carbocycles. The maximum atomic E-state index is 4.49. The predicted octanol–water partition coefficient (Wildman–Crippen LogP) is 2.51. The van der Waals surface area contributed by atoms with Crippen LogP contribution in [0.15, 0.2) is 6.20 Å². The average molecular weight is 256 g/mol. The van der Waals surface area contributed by atoms with Crippen molar-refractivity contribution in [2.75, 3.05) is 5.32 Å². The summed E-state index contributed by atoms with van der Waals surface area (Å²) in [5.41, 5.74) is 2.33. The van der Waals surface area contributed by atoms with Gasteiger partial charge in [0.25, 0.3) is 0 Å². The molecule has 2 rings (SSSR count). The van der Waals surface area contributed by atoms with Crippen LogP contribution in [0.25, 0.3) is 0 Å². The van der Waals surface area contributed by atoms with Crippen LogP contribution < -0.4 is 5.32 Å². The Hall–Kier alpha value is -0.640. The molecule has 14 heavy (non-hydrogen) atoms. The molecule has 4 heteroatoms. The Morgan fingerprint density at radius 1 is 1.57 bits per heavy atom. The molecule has 0 spiro atoms. The van der Waals surface area contributed by atoms with Gasteiger partial charge in [-0.1, -0.05) is 22.9 Å². The van der Waals surface area contributed by atoms with Crippen LogP contribution in [0, 0.1) is 0 Å². The number of aromatic nitrogens is 2. The van der Waals surface area contributed by atoms with E-state index in [-0.39, 0.29) is 0 Å². The molecule has 0 aromatic carbocycles. The van der Waals surface area contributed by atoms with Gasteiger partial charge in [0, 0.05) is 28.8 Å². The third kappa shape index (κ3) is 2.23. The number of alkyl halides is 1. The first kappa shape index (κ1) is 9.90. The van der Waals surface area contributed by atoms with Gasteiger partial charge in [-0.15, -0.1) is 0 Å². The lowest BCUT2D eigenvalue weighted by molar-refractivity contribution is 0.949. The van der Waals surface area contributed by atoms with E-state index in [2.05, 4.69) is 38.1 Å². The lowest BCUT2D eigenvalue weighted by Gasteiger charge is -2.07. The molecule has 1 aromatic rings. The molecular formula is C10H14BrN3. The van der Waals surface area contributed by atoms with Crippen LogP contribution in [0.1, 0.15) is 31.0 Å². The van der Waals surface area contributed by atoms with Crippen LogP contribution >= 0.6 is 15.9 Å². The van der Waals surface area contributed by atoms with Crippen molar-refractivity contribution in [2.45, 2.75) is 37.6 Å². The van der Waals surface area contributed by atoms with Gasteiger partial charge in [-0.05, 0) is 19.3 Å². The van der Waals surface area contributed by atoms with E-state index >= 15 is 0 Å². The Labute approximate surface area is 92.5 Å². The Balaban J connectivity index is 2.16. The van der Waals surface area contributed by atoms with Crippen molar-refractivity contribution in [1.29, 1.82) is 0 Å². The van der Waals surface area contributed by atoms with E-state index in [1.165, 1.54) is 18.4 Å². The molecule has 0 amide bonds. The van der Waals surface area contributed by atoms with Crippen LogP contribution in [-0.4, -0.2) is 16.0 Å². The predicted molar refractivity (Wildman–Crippen MR) is 60.7 cm³/mol. The molecule has 1 heterocycles. The lowest BCUT2D eigenvalue weighted by Crippen LogP contribution is -2.08. The van der Waals surface area contributed by atoms with Gasteiger partial charge in [-0.3, -0.25) is 0 Å². The highest BCUT2D eigenvalue weighted by molar-refractivity contribution is 9.08. The van der Waals surface area contributed by atoms with Gasteiger partial charge < -0.3 is 5.32 Å². The Morgan fingerprint density at radius 2 is 2.36 bits per heavy atom. The Kier molecular flexibility index (Phi) is 3.01. The van der Waals surface area contributed by atoms with E-state index in [9.17, 15) is 0 Å². The zero-order chi connectivity index (χ0) is 9.97. The van der Waals surface area contributed by atoms with Crippen LogP contribution in [-0.2, 0) is 11.8 Å². The van der Waals surface area contributed by atoms with E-state index < -0.39 is 0 Å². The van der Waals surface area contributed by atoms with Crippen molar-refractivity contribution >= 4 is 21.9 Å². The SMILES string of the molecule is CCc1nc(NC2CC2)ncc1CBr. The van der Waals surface area contributed by atoms with Gasteiger partial charge in [-0.25, -0.2) is 9.97 Å². The molecule has 0 saturated heterocycles. The summed E-state index contributed by atoms with van der Waals surface area (Å²) < 4.78 is 0. The molecule has 0 atom stereocenters. The number of hydrogen-bond acceptors (Lipinski definition) is 3. The number of nitrogens with one attached hydrogen (secondary N) is 1. The van der Waals surface area contributed by atoms with E-state index in [4.69, 9.17) is 0 Å². The van der Waals surface area contributed by atoms with Gasteiger partial charge in [-0.2, -0.15) is 0 Å². The lowest BCUT2D eigenvalue weighted by atomic mass is 10.2. The van der Waals surface area contributed by atoms with Gasteiger partial charge in [0.1, 0.15) is 0 Å². The molecule has 0 bridgehead atoms. The first-order valence-electron chi connectivity index (χ1n) is 5.00. The normalized spacial score (nSPS) is 15.6. The summed E-state index contributed by atoms with van der Waals surface area (Å²) in [6.45, 7) is 2.12. The van der Waals surface area contributed by atoms with E-state index in [0.717, 1.165) is 23.4 Å². The molecule has 1 aromatic heterocycles. The highest BCUT2D eigenvalue weighted by Gasteiger charge is 2.22. The Morgan fingerprint density at radius 3 is 2.93 bits per heavy atom. The second-order valence-corrected chi connectivity index (χ2v) is 4.13. The average Bonchev–Trinajstić information content (AvgIpc) is 3.01. The van der Waals surface area contributed by atoms with Gasteiger partial charge in [0.2, 0.25) is 5.95 Å². The molecule has 1 N–H and O–H groups in total. The largest absolute Gasteiger partial charge is 0.351 e. The summed E-state index contributed by atoms with van der Waals surface area (Å²) in [6.07, 6.45) is 5.38. The Bertz CT molecular complexity index is 323. The molecule has 0 radical (unpaired) electrons. The van der Waals surface area contributed by atoms with Crippen LogP contribution in [0.4, 0.5) is 5.95 Å². The first-order chi connectivity index (χ1) is 6.83. The van der Waals surface area contributed by atoms with E-state index in [1.807, 2.05) is 6.20 Å². The molecule has 0 aliphatic heterocycles. The van der Waals surface area contributed by atoms with Gasteiger partial charge in [0.05, 0.1) is 0 Å². The number of hydrogen-bond donors (Lipinski definition) is 1. The summed E-state index contributed by atoms with van der Waals surface area (Å²) in [7, 11) is 0. The third-order valence-electron chi connectivity index (χ3n) is 2.34. The molecule has 3 nitrogen and oxygen atoms in total. The van der Waals surface area contributed by atoms with E-state index in [1.54, 1.807) is 0 Å². The quantitative estimate of drug-likeness (QED) is 0.841. The molecule has 0 unspecified atom stereocenters. The topological polar surface area (TPSA) is 37.8 Å². The second-order valence-electron chi connectivity index (χ2n) is 3.57. The molecule has 1 saturated carbocycles. The number of rotatable bonds is 4. The second kappa shape index (κ2) is 4.26. The minimum absolute atomic E-state index is 0.620. The maximum Gasteiger partial charge on any atom is 0.223 e. The molecule has 1 aliphatic rings. The monoisotopic (exact) mass is 255 g/mol. The molecule has 76 valence electrons. The fourth-order valence-electron chi connectivity index (χ4n) is 1.34. The highest BCUT2D eigenvalue weighted by Crippen LogP contribution is 2.23. The van der Waals surface area contributed by atoms with Crippen molar-refractivity contribution in [1.82, 2.24) is 9.97 Å². The fourth-order valence-corrected chi connectivity index (χ4v) is 1.81. The first-order valence-corrected chi connectivity index (χ1v) is 6.13. The highest BCUT2D eigenvalue weighted by atomic mass is 79.9. The van der Waals surface area contributed by atoms with Crippen molar-refractivity contribution in [2.24, 2.45) is 0 Å². The molecule has 1 fully saturated rings. The number of anilines is 1. The fraction of sp³-hybridized carbons (Fsp3) is 0.600. The minimum atomic E-state index is 0.620. The van der Waals surface area contributed by atoms with Crippen molar-refractivity contribution < 1.29 is 0 Å². The van der Waals surface area contributed by atoms with Crippen molar-refractivity contribution in [3.63, 3.8) is 0 Å². The summed E-state index contributed by atoms with van der Waals surface area (Å²) in [5, 5.41) is 4.14. The summed E-state index contributed by atoms with van der Waals surface area (Å²) >= 11 is 3.44. The van der Waals surface area contributed by atoms with E-state index in [0.29, 0.717) is 6.04 Å². The zero-order valence-corrected chi connectivity index (χ0v) is 9.84. The smallest absolute Gasteiger partial charge is 0.223 e. The van der Waals surface area contributed by atoms with Gasteiger partial charge in [0.15, 0.2) is 0 Å². The standard InChI is InChI=1S/C10H14BrN3/c1-2-9-7(5-11)6-12-10(14-9)13-8-3-4-8/h6,8H,2-5H2,1H3,(H,12,13,14). The number of nitrogens with zero attached hydrogens (tertiary/aromatic N) is 2.